The summed E-state index contributed by atoms with van der Waals surface area (Å²) in [4.78, 5) is 23.8. The van der Waals surface area contributed by atoms with E-state index in [4.69, 9.17) is 21.1 Å². The van der Waals surface area contributed by atoms with Crippen molar-refractivity contribution in [1.82, 2.24) is 20.2 Å². The summed E-state index contributed by atoms with van der Waals surface area (Å²) in [6.45, 7) is 2.94. The third-order valence-electron chi connectivity index (χ3n) is 3.05. The lowest BCUT2D eigenvalue weighted by molar-refractivity contribution is -0.222. The average molecular weight is 350 g/mol. The van der Waals surface area contributed by atoms with E-state index in [2.05, 4.69) is 20.8 Å². The van der Waals surface area contributed by atoms with Gasteiger partial charge in [0.1, 0.15) is 6.33 Å². The molecule has 1 aliphatic rings. The van der Waals surface area contributed by atoms with Gasteiger partial charge in [-0.1, -0.05) is 11.6 Å². The molecule has 3 rings (SSSR count). The van der Waals surface area contributed by atoms with Crippen LogP contribution in [0.3, 0.4) is 0 Å². The van der Waals surface area contributed by atoms with Gasteiger partial charge in [-0.05, 0) is 28.6 Å². The van der Waals surface area contributed by atoms with Crippen LogP contribution >= 0.6 is 11.6 Å². The minimum absolute atomic E-state index is 0.266. The van der Waals surface area contributed by atoms with E-state index >= 15 is 0 Å². The highest BCUT2D eigenvalue weighted by molar-refractivity contribution is 6.33. The van der Waals surface area contributed by atoms with Crippen molar-refractivity contribution in [3.8, 4) is 5.69 Å². The van der Waals surface area contributed by atoms with Crippen LogP contribution in [0.1, 0.15) is 13.8 Å². The van der Waals surface area contributed by atoms with Crippen LogP contribution in [0.4, 0.5) is 5.69 Å². The molecule has 0 spiro atoms. The van der Waals surface area contributed by atoms with E-state index in [1.54, 1.807) is 18.2 Å². The lowest BCUT2D eigenvalue weighted by atomic mass is 10.2. The molecule has 9 nitrogen and oxygen atoms in total. The Hall–Kier alpha value is -2.94. The van der Waals surface area contributed by atoms with Crippen LogP contribution in [0.5, 0.6) is 0 Å². The molecule has 1 N–H and O–H groups in total. The molecule has 124 valence electrons. The number of anilines is 1. The highest BCUT2D eigenvalue weighted by Gasteiger charge is 2.38. The molecular weight excluding hydrogens is 338 g/mol. The number of aromatic nitrogens is 4. The number of halogens is 1. The van der Waals surface area contributed by atoms with Crippen molar-refractivity contribution in [2.24, 2.45) is 0 Å². The van der Waals surface area contributed by atoms with Gasteiger partial charge in [0.15, 0.2) is 5.57 Å². The van der Waals surface area contributed by atoms with E-state index in [1.165, 1.54) is 31.1 Å². The highest BCUT2D eigenvalue weighted by atomic mass is 35.5. The van der Waals surface area contributed by atoms with Crippen molar-refractivity contribution in [3.05, 3.63) is 41.3 Å². The number of carbonyl (C=O) groups excluding carboxylic acids is 2. The molecule has 1 fully saturated rings. The summed E-state index contributed by atoms with van der Waals surface area (Å²) in [6, 6.07) is 4.99. The van der Waals surface area contributed by atoms with E-state index < -0.39 is 17.7 Å². The van der Waals surface area contributed by atoms with E-state index in [0.29, 0.717) is 16.4 Å². The Morgan fingerprint density at radius 2 is 1.96 bits per heavy atom. The number of nitrogens with one attached hydrogen (secondary N) is 1. The van der Waals surface area contributed by atoms with Gasteiger partial charge in [-0.25, -0.2) is 14.3 Å². The first-order valence-electron chi connectivity index (χ1n) is 6.82. The number of esters is 2. The standard InChI is InChI=1S/C14H12ClN5O4/c1-14(2)23-12(21)9(13(22)24-14)6-16-11-5-8(3-4-10(11)15)20-7-17-18-19-20/h3-7,16H,1-2H3. The van der Waals surface area contributed by atoms with Gasteiger partial charge >= 0.3 is 11.9 Å². The van der Waals surface area contributed by atoms with E-state index in [9.17, 15) is 9.59 Å². The second-order valence-corrected chi connectivity index (χ2v) is 5.71. The van der Waals surface area contributed by atoms with Crippen LogP contribution in [0.25, 0.3) is 5.69 Å². The number of nitrogens with zero attached hydrogens (tertiary/aromatic N) is 4. The minimum atomic E-state index is -1.29. The monoisotopic (exact) mass is 349 g/mol. The molecule has 0 bridgehead atoms. The fourth-order valence-corrected chi connectivity index (χ4v) is 2.15. The van der Waals surface area contributed by atoms with Gasteiger partial charge in [-0.15, -0.1) is 5.10 Å². The molecule has 10 heteroatoms. The number of hydrogen-bond acceptors (Lipinski definition) is 8. The van der Waals surface area contributed by atoms with Crippen molar-refractivity contribution in [2.75, 3.05) is 5.32 Å². The van der Waals surface area contributed by atoms with Crippen LogP contribution in [0, 0.1) is 0 Å². The van der Waals surface area contributed by atoms with Crippen molar-refractivity contribution in [1.29, 1.82) is 0 Å². The lowest BCUT2D eigenvalue weighted by Gasteiger charge is -2.29. The zero-order valence-electron chi connectivity index (χ0n) is 12.7. The molecule has 1 saturated heterocycles. The Kier molecular flexibility index (Phi) is 3.94. The summed E-state index contributed by atoms with van der Waals surface area (Å²) in [7, 11) is 0. The van der Waals surface area contributed by atoms with Crippen LogP contribution in [0.15, 0.2) is 36.3 Å². The largest absolute Gasteiger partial charge is 0.419 e. The number of rotatable bonds is 3. The van der Waals surface area contributed by atoms with Gasteiger partial charge < -0.3 is 14.8 Å². The van der Waals surface area contributed by atoms with Crippen LogP contribution in [0.2, 0.25) is 5.02 Å². The molecule has 2 aromatic rings. The zero-order chi connectivity index (χ0) is 17.3. The van der Waals surface area contributed by atoms with E-state index in [1.807, 2.05) is 0 Å². The first-order chi connectivity index (χ1) is 11.4. The summed E-state index contributed by atoms with van der Waals surface area (Å²) < 4.78 is 11.4. The SMILES string of the molecule is CC1(C)OC(=O)C(=CNc2cc(-n3cnnn3)ccc2Cl)C(=O)O1. The van der Waals surface area contributed by atoms with Crippen molar-refractivity contribution >= 4 is 29.2 Å². The highest BCUT2D eigenvalue weighted by Crippen LogP contribution is 2.26. The van der Waals surface area contributed by atoms with E-state index in [0.717, 1.165) is 0 Å². The number of hydrogen-bond donors (Lipinski definition) is 1. The molecule has 0 aliphatic carbocycles. The first kappa shape index (κ1) is 15.9. The van der Waals surface area contributed by atoms with Gasteiger partial charge in [0.05, 0.1) is 16.4 Å². The molecule has 24 heavy (non-hydrogen) atoms. The maximum atomic E-state index is 11.9. The third kappa shape index (κ3) is 3.20. The minimum Gasteiger partial charge on any atom is -0.419 e. The van der Waals surface area contributed by atoms with Crippen molar-refractivity contribution < 1.29 is 19.1 Å². The van der Waals surface area contributed by atoms with Gasteiger partial charge in [0.2, 0.25) is 0 Å². The number of ether oxygens (including phenoxy) is 2. The van der Waals surface area contributed by atoms with Crippen LogP contribution < -0.4 is 5.32 Å². The Labute approximate surface area is 141 Å². The summed E-state index contributed by atoms with van der Waals surface area (Å²) in [5.74, 6) is -2.85. The summed E-state index contributed by atoms with van der Waals surface area (Å²) >= 11 is 6.11. The Morgan fingerprint density at radius 3 is 2.58 bits per heavy atom. The predicted octanol–water partition coefficient (Wildman–Crippen LogP) is 1.45. The molecular formula is C14H12ClN5O4. The van der Waals surface area contributed by atoms with E-state index in [-0.39, 0.29) is 5.57 Å². The quantitative estimate of drug-likeness (QED) is 0.504. The summed E-state index contributed by atoms with van der Waals surface area (Å²) in [5, 5.41) is 14.0. The number of carbonyl (C=O) groups is 2. The van der Waals surface area contributed by atoms with Gasteiger partial charge in [0.25, 0.3) is 5.79 Å². The fraction of sp³-hybridized carbons (Fsp3) is 0.214. The van der Waals surface area contributed by atoms with Crippen LogP contribution in [-0.4, -0.2) is 37.9 Å². The predicted molar refractivity (Wildman–Crippen MR) is 82.1 cm³/mol. The smallest absolute Gasteiger partial charge is 0.350 e. The third-order valence-corrected chi connectivity index (χ3v) is 3.38. The van der Waals surface area contributed by atoms with Crippen LogP contribution in [-0.2, 0) is 19.1 Å². The average Bonchev–Trinajstić information content (AvgIpc) is 3.01. The topological polar surface area (TPSA) is 108 Å². The second-order valence-electron chi connectivity index (χ2n) is 5.30. The Morgan fingerprint density at radius 1 is 1.25 bits per heavy atom. The molecule has 1 aromatic heterocycles. The lowest BCUT2D eigenvalue weighted by Crippen LogP contribution is -2.42. The molecule has 1 aromatic carbocycles. The normalized spacial score (nSPS) is 16.4. The van der Waals surface area contributed by atoms with Gasteiger partial charge in [-0.3, -0.25) is 0 Å². The number of cyclic esters (lactones) is 2. The van der Waals surface area contributed by atoms with Gasteiger partial charge in [-0.2, -0.15) is 0 Å². The fourth-order valence-electron chi connectivity index (χ4n) is 1.97. The molecule has 0 saturated carbocycles. The Bertz CT molecular complexity index is 810. The molecule has 0 amide bonds. The van der Waals surface area contributed by atoms with Gasteiger partial charge in [0, 0.05) is 20.0 Å². The molecule has 0 atom stereocenters. The summed E-state index contributed by atoms with van der Waals surface area (Å²) in [6.07, 6.45) is 2.61. The molecule has 2 heterocycles. The summed E-state index contributed by atoms with van der Waals surface area (Å²) in [5.41, 5.74) is 0.820. The Balaban J connectivity index is 1.85. The molecule has 1 aliphatic heterocycles. The molecule has 0 radical (unpaired) electrons. The first-order valence-corrected chi connectivity index (χ1v) is 7.20. The number of tetrazole rings is 1. The second kappa shape index (κ2) is 5.93. The maximum Gasteiger partial charge on any atom is 0.350 e. The zero-order valence-corrected chi connectivity index (χ0v) is 13.4. The maximum absolute atomic E-state index is 11.9. The van der Waals surface area contributed by atoms with Crippen molar-refractivity contribution in [2.45, 2.75) is 19.6 Å². The van der Waals surface area contributed by atoms with Crippen molar-refractivity contribution in [3.63, 3.8) is 0 Å². The number of benzene rings is 1. The molecule has 0 unspecified atom stereocenters.